The SMILES string of the molecule is CCOC(=O)c1c(C)[nH]c(CN(C(=O)Cc2ccc(OC)cc2)C2CCCCC2)c1C. The van der Waals surface area contributed by atoms with Crippen LogP contribution in [0.3, 0.4) is 0 Å². The minimum Gasteiger partial charge on any atom is -0.497 e. The molecule has 1 amide bonds. The molecule has 1 aromatic heterocycles. The number of carbonyl (C=O) groups excluding carboxylic acids is 2. The maximum absolute atomic E-state index is 13.4. The summed E-state index contributed by atoms with van der Waals surface area (Å²) in [5.41, 5.74) is 4.13. The Kier molecular flexibility index (Phi) is 7.77. The molecule has 1 aliphatic carbocycles. The van der Waals surface area contributed by atoms with Crippen molar-refractivity contribution in [3.8, 4) is 5.75 Å². The van der Waals surface area contributed by atoms with Crippen LogP contribution in [0.5, 0.6) is 5.75 Å². The van der Waals surface area contributed by atoms with E-state index in [0.29, 0.717) is 25.1 Å². The van der Waals surface area contributed by atoms with E-state index in [-0.39, 0.29) is 17.9 Å². The van der Waals surface area contributed by atoms with E-state index in [1.54, 1.807) is 14.0 Å². The highest BCUT2D eigenvalue weighted by Crippen LogP contribution is 2.27. The third kappa shape index (κ3) is 5.49. The summed E-state index contributed by atoms with van der Waals surface area (Å²) in [4.78, 5) is 31.1. The first-order chi connectivity index (χ1) is 14.9. The zero-order valence-electron chi connectivity index (χ0n) is 19.1. The van der Waals surface area contributed by atoms with Gasteiger partial charge in [-0.05, 0) is 56.9 Å². The maximum atomic E-state index is 13.4. The lowest BCUT2D eigenvalue weighted by atomic mass is 9.93. The molecule has 1 heterocycles. The molecule has 3 rings (SSSR count). The highest BCUT2D eigenvalue weighted by Gasteiger charge is 2.28. The number of nitrogens with zero attached hydrogens (tertiary/aromatic N) is 1. The monoisotopic (exact) mass is 426 g/mol. The van der Waals surface area contributed by atoms with Gasteiger partial charge >= 0.3 is 5.97 Å². The van der Waals surface area contributed by atoms with E-state index in [4.69, 9.17) is 9.47 Å². The van der Waals surface area contributed by atoms with E-state index >= 15 is 0 Å². The summed E-state index contributed by atoms with van der Waals surface area (Å²) in [7, 11) is 1.64. The van der Waals surface area contributed by atoms with Gasteiger partial charge in [-0.1, -0.05) is 31.4 Å². The van der Waals surface area contributed by atoms with Crippen molar-refractivity contribution in [1.29, 1.82) is 0 Å². The normalized spacial score (nSPS) is 14.3. The van der Waals surface area contributed by atoms with Crippen LogP contribution >= 0.6 is 0 Å². The number of benzene rings is 1. The molecule has 6 nitrogen and oxygen atoms in total. The number of aromatic amines is 1. The summed E-state index contributed by atoms with van der Waals surface area (Å²) in [5.74, 6) is 0.583. The molecule has 0 bridgehead atoms. The number of aromatic nitrogens is 1. The molecule has 0 saturated heterocycles. The summed E-state index contributed by atoms with van der Waals surface area (Å²) in [5, 5.41) is 0. The van der Waals surface area contributed by atoms with Crippen molar-refractivity contribution in [2.75, 3.05) is 13.7 Å². The molecule has 0 radical (unpaired) electrons. The van der Waals surface area contributed by atoms with Crippen molar-refractivity contribution in [3.05, 3.63) is 52.3 Å². The van der Waals surface area contributed by atoms with E-state index in [1.807, 2.05) is 43.0 Å². The Morgan fingerprint density at radius 3 is 2.39 bits per heavy atom. The lowest BCUT2D eigenvalue weighted by Crippen LogP contribution is -2.42. The van der Waals surface area contributed by atoms with Crippen LogP contribution in [0, 0.1) is 13.8 Å². The van der Waals surface area contributed by atoms with Crippen molar-refractivity contribution >= 4 is 11.9 Å². The number of carbonyl (C=O) groups is 2. The van der Waals surface area contributed by atoms with Crippen LogP contribution < -0.4 is 4.74 Å². The Balaban J connectivity index is 1.83. The van der Waals surface area contributed by atoms with Crippen LogP contribution in [0.1, 0.15) is 71.9 Å². The van der Waals surface area contributed by atoms with Gasteiger partial charge in [-0.25, -0.2) is 4.79 Å². The molecular formula is C25H34N2O4. The molecule has 6 heteroatoms. The number of rotatable bonds is 8. The Hall–Kier alpha value is -2.76. The van der Waals surface area contributed by atoms with Crippen molar-refractivity contribution in [1.82, 2.24) is 9.88 Å². The minimum atomic E-state index is -0.311. The number of methoxy groups -OCH3 is 1. The Bertz CT molecular complexity index is 895. The molecular weight excluding hydrogens is 392 g/mol. The Morgan fingerprint density at radius 1 is 1.10 bits per heavy atom. The van der Waals surface area contributed by atoms with Gasteiger partial charge in [0.2, 0.25) is 5.91 Å². The third-order valence-corrected chi connectivity index (χ3v) is 6.20. The fraction of sp³-hybridized carbons (Fsp3) is 0.520. The van der Waals surface area contributed by atoms with E-state index in [9.17, 15) is 9.59 Å². The number of hydrogen-bond donors (Lipinski definition) is 1. The van der Waals surface area contributed by atoms with E-state index in [1.165, 1.54) is 6.42 Å². The minimum absolute atomic E-state index is 0.112. The van der Waals surface area contributed by atoms with E-state index in [0.717, 1.165) is 53.9 Å². The van der Waals surface area contributed by atoms with Crippen LogP contribution in [0.4, 0.5) is 0 Å². The smallest absolute Gasteiger partial charge is 0.340 e. The molecule has 168 valence electrons. The van der Waals surface area contributed by atoms with Crippen molar-refractivity contribution in [2.45, 2.75) is 71.9 Å². The molecule has 1 aromatic carbocycles. The number of esters is 1. The second kappa shape index (κ2) is 10.5. The van der Waals surface area contributed by atoms with Gasteiger partial charge in [0.05, 0.1) is 32.2 Å². The number of aryl methyl sites for hydroxylation is 1. The van der Waals surface area contributed by atoms with Crippen molar-refractivity contribution in [3.63, 3.8) is 0 Å². The molecule has 1 aliphatic rings. The lowest BCUT2D eigenvalue weighted by Gasteiger charge is -2.34. The predicted octanol–water partition coefficient (Wildman–Crippen LogP) is 4.72. The summed E-state index contributed by atoms with van der Waals surface area (Å²) >= 11 is 0. The van der Waals surface area contributed by atoms with E-state index < -0.39 is 0 Å². The van der Waals surface area contributed by atoms with Crippen LogP contribution in [0.2, 0.25) is 0 Å². The van der Waals surface area contributed by atoms with Gasteiger partial charge in [-0.2, -0.15) is 0 Å². The van der Waals surface area contributed by atoms with Crippen molar-refractivity contribution < 1.29 is 19.1 Å². The number of nitrogens with one attached hydrogen (secondary N) is 1. The van der Waals surface area contributed by atoms with Crippen LogP contribution in [0.15, 0.2) is 24.3 Å². The third-order valence-electron chi connectivity index (χ3n) is 6.20. The Morgan fingerprint density at radius 2 is 1.77 bits per heavy atom. The summed E-state index contributed by atoms with van der Waals surface area (Å²) in [6.07, 6.45) is 5.92. The zero-order valence-corrected chi connectivity index (χ0v) is 19.1. The largest absolute Gasteiger partial charge is 0.497 e. The number of H-pyrrole nitrogens is 1. The lowest BCUT2D eigenvalue weighted by molar-refractivity contribution is -0.134. The average Bonchev–Trinajstić information content (AvgIpc) is 3.06. The van der Waals surface area contributed by atoms with Crippen LogP contribution in [0.25, 0.3) is 0 Å². The van der Waals surface area contributed by atoms with Gasteiger partial charge in [0.15, 0.2) is 0 Å². The molecule has 0 spiro atoms. The molecule has 0 atom stereocenters. The Labute approximate surface area is 184 Å². The molecule has 1 saturated carbocycles. The summed E-state index contributed by atoms with van der Waals surface area (Å²) < 4.78 is 10.4. The number of amides is 1. The van der Waals surface area contributed by atoms with Crippen molar-refractivity contribution in [2.24, 2.45) is 0 Å². The quantitative estimate of drug-likeness (QED) is 0.620. The van der Waals surface area contributed by atoms with Crippen LogP contribution in [-0.4, -0.2) is 41.5 Å². The predicted molar refractivity (Wildman–Crippen MR) is 120 cm³/mol. The van der Waals surface area contributed by atoms with Gasteiger partial charge in [-0.15, -0.1) is 0 Å². The summed E-state index contributed by atoms with van der Waals surface area (Å²) in [6.45, 7) is 6.43. The fourth-order valence-corrected chi connectivity index (χ4v) is 4.49. The van der Waals surface area contributed by atoms with Crippen LogP contribution in [-0.2, 0) is 22.5 Å². The molecule has 31 heavy (non-hydrogen) atoms. The zero-order chi connectivity index (χ0) is 22.4. The molecule has 1 fully saturated rings. The van der Waals surface area contributed by atoms with Gasteiger partial charge in [0, 0.05) is 17.4 Å². The second-order valence-corrected chi connectivity index (χ2v) is 8.29. The summed E-state index contributed by atoms with van der Waals surface area (Å²) in [6, 6.07) is 7.89. The molecule has 0 unspecified atom stereocenters. The van der Waals surface area contributed by atoms with Gasteiger partial charge in [-0.3, -0.25) is 4.79 Å². The van der Waals surface area contributed by atoms with Gasteiger partial charge < -0.3 is 19.4 Å². The topological polar surface area (TPSA) is 71.6 Å². The standard InChI is InChI=1S/C25H34N2O4/c1-5-31-25(29)24-17(2)22(26-18(24)3)16-27(20-9-7-6-8-10-20)23(28)15-19-11-13-21(30-4)14-12-19/h11-14,20,26H,5-10,15-16H2,1-4H3. The van der Waals surface area contributed by atoms with Gasteiger partial charge in [0.25, 0.3) is 0 Å². The highest BCUT2D eigenvalue weighted by atomic mass is 16.5. The first kappa shape index (κ1) is 22.9. The van der Waals surface area contributed by atoms with Gasteiger partial charge in [0.1, 0.15) is 5.75 Å². The number of ether oxygens (including phenoxy) is 2. The first-order valence-corrected chi connectivity index (χ1v) is 11.2. The highest BCUT2D eigenvalue weighted by molar-refractivity contribution is 5.93. The fourth-order valence-electron chi connectivity index (χ4n) is 4.49. The molecule has 1 N–H and O–H groups in total. The van der Waals surface area contributed by atoms with E-state index in [2.05, 4.69) is 4.98 Å². The maximum Gasteiger partial charge on any atom is 0.340 e. The number of hydrogen-bond acceptors (Lipinski definition) is 4. The second-order valence-electron chi connectivity index (χ2n) is 8.29. The molecule has 2 aromatic rings. The first-order valence-electron chi connectivity index (χ1n) is 11.2. The average molecular weight is 427 g/mol. The molecule has 0 aliphatic heterocycles.